The molecule has 0 bridgehead atoms. The average molecular weight is 252 g/mol. The van der Waals surface area contributed by atoms with Crippen LogP contribution in [0, 0.1) is 0 Å². The van der Waals surface area contributed by atoms with E-state index in [1.54, 1.807) is 11.3 Å². The summed E-state index contributed by atoms with van der Waals surface area (Å²) in [5, 5.41) is 2.76. The summed E-state index contributed by atoms with van der Waals surface area (Å²) in [6.45, 7) is 2.13. The largest absolute Gasteiger partial charge is 0.323 e. The van der Waals surface area contributed by atoms with E-state index in [-0.39, 0.29) is 12.0 Å². The van der Waals surface area contributed by atoms with Gasteiger partial charge in [0, 0.05) is 16.8 Å². The zero-order valence-electron chi connectivity index (χ0n) is 9.06. The van der Waals surface area contributed by atoms with Gasteiger partial charge in [0.2, 0.25) is 0 Å². The number of hydrogen-bond acceptors (Lipinski definition) is 2. The fourth-order valence-electron chi connectivity index (χ4n) is 1.73. The monoisotopic (exact) mass is 251 g/mol. The molecule has 2 rings (SSSR count). The Morgan fingerprint density at radius 3 is 2.44 bits per heavy atom. The van der Waals surface area contributed by atoms with Crippen LogP contribution in [0.4, 0.5) is 0 Å². The van der Waals surface area contributed by atoms with Crippen molar-refractivity contribution in [3.05, 3.63) is 57.2 Å². The highest BCUT2D eigenvalue weighted by Crippen LogP contribution is 2.35. The van der Waals surface area contributed by atoms with Gasteiger partial charge in [-0.15, -0.1) is 11.3 Å². The highest BCUT2D eigenvalue weighted by Gasteiger charge is 2.19. The van der Waals surface area contributed by atoms with Gasteiger partial charge in [0.05, 0.1) is 5.02 Å². The Morgan fingerprint density at radius 2 is 1.88 bits per heavy atom. The SMILES string of the molecule is CC(c1ccccc1)C(N)c1sccc1Cl. The van der Waals surface area contributed by atoms with Crippen molar-refractivity contribution in [1.82, 2.24) is 0 Å². The fourth-order valence-corrected chi connectivity index (χ4v) is 3.02. The molecular weight excluding hydrogens is 238 g/mol. The van der Waals surface area contributed by atoms with E-state index in [1.807, 2.05) is 29.6 Å². The van der Waals surface area contributed by atoms with E-state index in [0.717, 1.165) is 9.90 Å². The van der Waals surface area contributed by atoms with E-state index in [4.69, 9.17) is 17.3 Å². The van der Waals surface area contributed by atoms with Crippen molar-refractivity contribution in [3.63, 3.8) is 0 Å². The lowest BCUT2D eigenvalue weighted by molar-refractivity contribution is 0.607. The number of thiophene rings is 1. The van der Waals surface area contributed by atoms with Crippen LogP contribution in [0.1, 0.15) is 29.3 Å². The minimum absolute atomic E-state index is 0.0325. The molecule has 2 N–H and O–H groups in total. The van der Waals surface area contributed by atoms with Crippen LogP contribution in [0.5, 0.6) is 0 Å². The van der Waals surface area contributed by atoms with Gasteiger partial charge in [0.15, 0.2) is 0 Å². The van der Waals surface area contributed by atoms with Gasteiger partial charge in [0.25, 0.3) is 0 Å². The first-order valence-corrected chi connectivity index (χ1v) is 6.49. The summed E-state index contributed by atoms with van der Waals surface area (Å²) in [7, 11) is 0. The van der Waals surface area contributed by atoms with Crippen molar-refractivity contribution in [2.45, 2.75) is 18.9 Å². The number of nitrogens with two attached hydrogens (primary N) is 1. The summed E-state index contributed by atoms with van der Waals surface area (Å²) in [5.41, 5.74) is 7.49. The van der Waals surface area contributed by atoms with E-state index in [9.17, 15) is 0 Å². The maximum atomic E-state index is 6.24. The van der Waals surface area contributed by atoms with Crippen LogP contribution in [0.3, 0.4) is 0 Å². The Morgan fingerprint density at radius 1 is 1.19 bits per heavy atom. The van der Waals surface area contributed by atoms with Crippen molar-refractivity contribution in [3.8, 4) is 0 Å². The summed E-state index contributed by atoms with van der Waals surface area (Å²) in [4.78, 5) is 1.07. The lowest BCUT2D eigenvalue weighted by Gasteiger charge is -2.19. The van der Waals surface area contributed by atoms with Crippen molar-refractivity contribution >= 4 is 22.9 Å². The molecule has 0 aliphatic rings. The van der Waals surface area contributed by atoms with Gasteiger partial charge in [0.1, 0.15) is 0 Å². The summed E-state index contributed by atoms with van der Waals surface area (Å²) >= 11 is 7.72. The lowest BCUT2D eigenvalue weighted by Crippen LogP contribution is -2.16. The van der Waals surface area contributed by atoms with Crippen LogP contribution in [-0.4, -0.2) is 0 Å². The van der Waals surface area contributed by atoms with Crippen molar-refractivity contribution in [2.75, 3.05) is 0 Å². The zero-order valence-corrected chi connectivity index (χ0v) is 10.6. The number of rotatable bonds is 3. The molecule has 3 heteroatoms. The Labute approximate surface area is 105 Å². The van der Waals surface area contributed by atoms with Gasteiger partial charge in [-0.1, -0.05) is 48.9 Å². The molecule has 84 valence electrons. The second-order valence-electron chi connectivity index (χ2n) is 3.86. The Hall–Kier alpha value is -0.830. The number of benzene rings is 1. The Balaban J connectivity index is 2.23. The second-order valence-corrected chi connectivity index (χ2v) is 5.21. The highest BCUT2D eigenvalue weighted by atomic mass is 35.5. The Bertz CT molecular complexity index is 452. The number of hydrogen-bond donors (Lipinski definition) is 1. The molecule has 1 heterocycles. The summed E-state index contributed by atoms with van der Waals surface area (Å²) in [5.74, 6) is 0.275. The topological polar surface area (TPSA) is 26.0 Å². The van der Waals surface area contributed by atoms with Crippen molar-refractivity contribution in [2.24, 2.45) is 5.73 Å². The first-order chi connectivity index (χ1) is 7.70. The first kappa shape index (κ1) is 11.6. The molecule has 0 saturated heterocycles. The van der Waals surface area contributed by atoms with Crippen LogP contribution in [0.2, 0.25) is 5.02 Å². The van der Waals surface area contributed by atoms with E-state index in [2.05, 4.69) is 19.1 Å². The zero-order chi connectivity index (χ0) is 11.5. The average Bonchev–Trinajstić information content (AvgIpc) is 2.75. The molecule has 0 aliphatic carbocycles. The van der Waals surface area contributed by atoms with Crippen LogP contribution < -0.4 is 5.73 Å². The normalized spacial score (nSPS) is 14.7. The van der Waals surface area contributed by atoms with E-state index in [1.165, 1.54) is 5.56 Å². The molecule has 1 aromatic heterocycles. The molecule has 0 spiro atoms. The third kappa shape index (κ3) is 2.29. The maximum Gasteiger partial charge on any atom is 0.0561 e. The quantitative estimate of drug-likeness (QED) is 0.869. The Kier molecular flexibility index (Phi) is 3.64. The molecule has 2 aromatic rings. The highest BCUT2D eigenvalue weighted by molar-refractivity contribution is 7.10. The molecule has 2 unspecified atom stereocenters. The minimum atomic E-state index is -0.0325. The van der Waals surface area contributed by atoms with Gasteiger partial charge in [-0.2, -0.15) is 0 Å². The molecular formula is C13H14ClNS. The van der Waals surface area contributed by atoms with E-state index >= 15 is 0 Å². The standard InChI is InChI=1S/C13H14ClNS/c1-9(10-5-3-2-4-6-10)12(15)13-11(14)7-8-16-13/h2-9,12H,15H2,1H3. The third-order valence-electron chi connectivity index (χ3n) is 2.81. The molecule has 0 saturated carbocycles. The summed E-state index contributed by atoms with van der Waals surface area (Å²) in [6, 6.07) is 12.2. The molecule has 1 aromatic carbocycles. The van der Waals surface area contributed by atoms with Gasteiger partial charge in [-0.05, 0) is 17.0 Å². The van der Waals surface area contributed by atoms with E-state index in [0.29, 0.717) is 0 Å². The molecule has 0 amide bonds. The van der Waals surface area contributed by atoms with Crippen LogP contribution in [0.25, 0.3) is 0 Å². The van der Waals surface area contributed by atoms with E-state index < -0.39 is 0 Å². The predicted octanol–water partition coefficient (Wildman–Crippen LogP) is 4.21. The van der Waals surface area contributed by atoms with Crippen LogP contribution >= 0.6 is 22.9 Å². The van der Waals surface area contributed by atoms with Gasteiger partial charge >= 0.3 is 0 Å². The molecule has 2 atom stereocenters. The second kappa shape index (κ2) is 5.00. The lowest BCUT2D eigenvalue weighted by atomic mass is 9.93. The summed E-state index contributed by atoms with van der Waals surface area (Å²) < 4.78 is 0. The van der Waals surface area contributed by atoms with Gasteiger partial charge < -0.3 is 5.73 Å². The smallest absolute Gasteiger partial charge is 0.0561 e. The summed E-state index contributed by atoms with van der Waals surface area (Å²) in [6.07, 6.45) is 0. The van der Waals surface area contributed by atoms with Gasteiger partial charge in [-0.25, -0.2) is 0 Å². The molecule has 0 fully saturated rings. The fraction of sp³-hybridized carbons (Fsp3) is 0.231. The minimum Gasteiger partial charge on any atom is -0.323 e. The van der Waals surface area contributed by atoms with Crippen molar-refractivity contribution < 1.29 is 0 Å². The van der Waals surface area contributed by atoms with Crippen LogP contribution in [-0.2, 0) is 0 Å². The predicted molar refractivity (Wildman–Crippen MR) is 71.1 cm³/mol. The molecule has 16 heavy (non-hydrogen) atoms. The molecule has 0 aliphatic heterocycles. The van der Waals surface area contributed by atoms with Crippen molar-refractivity contribution in [1.29, 1.82) is 0 Å². The first-order valence-electron chi connectivity index (χ1n) is 5.23. The number of halogens is 1. The molecule has 0 radical (unpaired) electrons. The maximum absolute atomic E-state index is 6.24. The third-order valence-corrected chi connectivity index (χ3v) is 4.27. The van der Waals surface area contributed by atoms with Gasteiger partial charge in [-0.3, -0.25) is 0 Å². The molecule has 1 nitrogen and oxygen atoms in total. The van der Waals surface area contributed by atoms with Crippen LogP contribution in [0.15, 0.2) is 41.8 Å².